The molecule has 0 bridgehead atoms. The standard InChI is InChI=1S/C23H22N4O2.C22H20N4O2.C21H20FN5O2.C21H18N4O2.C20H18FN5O2/c1-3-26-10-8-16(9-11-26)18-5-7-22-25-20(13-23(28)27(22)14-18)17-4-6-19-21(12-17)29-15(2)24-19;1-14-23-18-5-3-16(11-20(18)28-14)19-12-22(27)26-13-17(4-6-21(26)24-19)15-7-9-25(2)10-8-15;1-12-10-26(6-5-23-12)15-3-4-19-25-17(9-20(28)27(19)11-15)14-7-16(22)21-18(8-14)29-13(2)24-21;1-13-23-17-4-2-15(10-19(17)27-13)18-11-21(26)25-12-16(3-5-20(25)24-18)14-6-8-22-9-7-14;1-12-23-20-15(21)8-13(9-17(20)28-12)16-10-19(27)26-11-14(2-3-18(26)24-16)25-6-4-22-5-7-25/h4-8,12-14H,3,9-11H2,1-2H3;3-7,11-13H,8-10H2,1-2H3;3-4,7-9,11-12,23H,5-6,10H2,1-2H3;2-6,10-12,22H,7-9H2,1H3;2-3,8-11,22H,4-7H2,1H3/t;;12-;;/m..0../s1. The molecular formula is C107H98F2N22O10. The van der Waals surface area contributed by atoms with Gasteiger partial charge in [-0.15, -0.1) is 0 Å². The van der Waals surface area contributed by atoms with Crippen LogP contribution in [0.4, 0.5) is 20.2 Å². The van der Waals surface area contributed by atoms with Gasteiger partial charge in [-0.2, -0.15) is 0 Å². The van der Waals surface area contributed by atoms with Gasteiger partial charge in [0, 0.05) is 208 Å². The molecule has 20 aromatic rings. The highest BCUT2D eigenvalue weighted by molar-refractivity contribution is 5.85. The number of likely N-dealkylation sites (N-methyl/N-ethyl adjacent to an activating group) is 2. The first-order valence-corrected chi connectivity index (χ1v) is 47.0. The predicted molar refractivity (Wildman–Crippen MR) is 541 cm³/mol. The van der Waals surface area contributed by atoms with Crippen molar-refractivity contribution in [1.29, 1.82) is 0 Å². The molecule has 25 rings (SSSR count). The van der Waals surface area contributed by atoms with Crippen LogP contribution in [-0.2, 0) is 0 Å². The van der Waals surface area contributed by atoms with Crippen molar-refractivity contribution >= 4 is 112 Å². The molecular weight excluding hydrogens is 1790 g/mol. The molecule has 141 heavy (non-hydrogen) atoms. The van der Waals surface area contributed by atoms with Crippen LogP contribution in [0.5, 0.6) is 0 Å². The number of halogens is 2. The molecule has 0 unspecified atom stereocenters. The normalized spacial score (nSPS) is 15.5. The fourth-order valence-corrected chi connectivity index (χ4v) is 18.5. The minimum Gasteiger partial charge on any atom is -0.441 e. The van der Waals surface area contributed by atoms with Crippen LogP contribution >= 0.6 is 0 Å². The number of aryl methyl sites for hydroxylation is 5. The topological polar surface area (TPSA) is 351 Å². The summed E-state index contributed by atoms with van der Waals surface area (Å²) in [7, 11) is 2.11. The van der Waals surface area contributed by atoms with Crippen molar-refractivity contribution in [2.24, 2.45) is 0 Å². The van der Waals surface area contributed by atoms with Crippen LogP contribution in [0.3, 0.4) is 0 Å². The van der Waals surface area contributed by atoms with E-state index in [1.807, 2.05) is 161 Å². The van der Waals surface area contributed by atoms with E-state index in [-0.39, 0.29) is 38.8 Å². The van der Waals surface area contributed by atoms with Crippen molar-refractivity contribution in [2.45, 2.75) is 73.8 Å². The van der Waals surface area contributed by atoms with Crippen molar-refractivity contribution in [2.75, 3.05) is 108 Å². The highest BCUT2D eigenvalue weighted by Gasteiger charge is 2.24. The molecule has 0 saturated carbocycles. The van der Waals surface area contributed by atoms with E-state index < -0.39 is 11.6 Å². The van der Waals surface area contributed by atoms with Gasteiger partial charge >= 0.3 is 0 Å². The summed E-state index contributed by atoms with van der Waals surface area (Å²) in [6.07, 6.45) is 18.9. The number of benzene rings is 5. The predicted octanol–water partition coefficient (Wildman–Crippen LogP) is 15.7. The number of hydrogen-bond acceptors (Lipinski definition) is 27. The Hall–Kier alpha value is -16.3. The van der Waals surface area contributed by atoms with Gasteiger partial charge < -0.3 is 52.7 Å². The maximum Gasteiger partial charge on any atom is 0.258 e. The third-order valence-corrected chi connectivity index (χ3v) is 25.9. The van der Waals surface area contributed by atoms with E-state index in [0.717, 1.165) is 172 Å². The summed E-state index contributed by atoms with van der Waals surface area (Å²) in [5, 5.41) is 10.0. The second-order valence-corrected chi connectivity index (χ2v) is 35.7. The molecule has 34 heteroatoms. The Labute approximate surface area is 803 Å². The third kappa shape index (κ3) is 19.4. The monoisotopic (exact) mass is 1890 g/mol. The van der Waals surface area contributed by atoms with Crippen molar-refractivity contribution in [3.63, 3.8) is 0 Å². The minimum atomic E-state index is -0.500. The zero-order valence-corrected chi connectivity index (χ0v) is 78.7. The number of rotatable bonds is 11. The summed E-state index contributed by atoms with van der Waals surface area (Å²) in [4.78, 5) is 117. The van der Waals surface area contributed by atoms with Gasteiger partial charge in [-0.1, -0.05) is 43.4 Å². The number of hydrogen-bond donors (Lipinski definition) is 3. The fraction of sp³-hybridized carbons (Fsp3) is 0.243. The first-order chi connectivity index (χ1) is 68.4. The second kappa shape index (κ2) is 38.6. The summed E-state index contributed by atoms with van der Waals surface area (Å²) in [5.41, 5.74) is 22.9. The van der Waals surface area contributed by atoms with Crippen LogP contribution in [0.15, 0.2) is 265 Å². The molecule has 5 aliphatic rings. The highest BCUT2D eigenvalue weighted by atomic mass is 19.1. The van der Waals surface area contributed by atoms with E-state index in [0.29, 0.717) is 131 Å². The van der Waals surface area contributed by atoms with Crippen LogP contribution < -0.4 is 53.5 Å². The first kappa shape index (κ1) is 91.2. The number of anilines is 2. The molecule has 0 radical (unpaired) electrons. The molecule has 1 atom stereocenters. The first-order valence-electron chi connectivity index (χ1n) is 47.0. The molecule has 3 N–H and O–H groups in total. The van der Waals surface area contributed by atoms with Crippen LogP contribution in [-0.4, -0.2) is 186 Å². The fourth-order valence-electron chi connectivity index (χ4n) is 18.5. The number of pyridine rings is 5. The molecule has 32 nitrogen and oxygen atoms in total. The van der Waals surface area contributed by atoms with Gasteiger partial charge in [0.2, 0.25) is 0 Å². The Morgan fingerprint density at radius 3 is 1.10 bits per heavy atom. The zero-order chi connectivity index (χ0) is 97.0. The van der Waals surface area contributed by atoms with E-state index in [9.17, 15) is 32.8 Å². The summed E-state index contributed by atoms with van der Waals surface area (Å²) >= 11 is 0. The lowest BCUT2D eigenvalue weighted by Crippen LogP contribution is -2.49. The van der Waals surface area contributed by atoms with Crippen LogP contribution in [0.25, 0.3) is 157 Å². The Morgan fingerprint density at radius 1 is 0.348 bits per heavy atom. The molecule has 710 valence electrons. The summed E-state index contributed by atoms with van der Waals surface area (Å²) in [6.45, 7) is 26.2. The van der Waals surface area contributed by atoms with Gasteiger partial charge in [0.15, 0.2) is 69.0 Å². The Morgan fingerprint density at radius 2 is 0.709 bits per heavy atom. The molecule has 5 aromatic carbocycles. The van der Waals surface area contributed by atoms with Crippen molar-refractivity contribution in [3.05, 3.63) is 329 Å². The second-order valence-electron chi connectivity index (χ2n) is 35.7. The summed E-state index contributed by atoms with van der Waals surface area (Å²) in [5.74, 6) is 1.63. The van der Waals surface area contributed by atoms with E-state index in [1.165, 1.54) is 49.8 Å². The molecule has 2 saturated heterocycles. The Balaban J connectivity index is 0.000000104. The number of oxazole rings is 5. The lowest BCUT2D eigenvalue weighted by Gasteiger charge is -2.33. The number of piperazine rings is 2. The molecule has 5 aliphatic heterocycles. The average molecular weight is 1890 g/mol. The average Bonchev–Trinajstić information content (AvgIpc) is 1.78. The largest absolute Gasteiger partial charge is 0.441 e. The van der Waals surface area contributed by atoms with Gasteiger partial charge in [-0.3, -0.25) is 50.9 Å². The third-order valence-electron chi connectivity index (χ3n) is 25.9. The van der Waals surface area contributed by atoms with Crippen molar-refractivity contribution < 1.29 is 30.9 Å². The Bertz CT molecular complexity index is 8770. The van der Waals surface area contributed by atoms with Gasteiger partial charge in [0.1, 0.15) is 55.8 Å². The van der Waals surface area contributed by atoms with Gasteiger partial charge in [-0.05, 0) is 201 Å². The summed E-state index contributed by atoms with van der Waals surface area (Å²) < 4.78 is 64.4. The van der Waals surface area contributed by atoms with Crippen LogP contribution in [0.1, 0.15) is 79.3 Å². The number of aromatic nitrogens is 15. The number of nitrogens with zero attached hydrogens (tertiary/aromatic N) is 19. The van der Waals surface area contributed by atoms with E-state index in [4.69, 9.17) is 32.1 Å². The van der Waals surface area contributed by atoms with Crippen LogP contribution in [0, 0.1) is 46.3 Å². The summed E-state index contributed by atoms with van der Waals surface area (Å²) in [6, 6.07) is 50.4. The lowest BCUT2D eigenvalue weighted by molar-refractivity contribution is 0.318. The molecule has 2 fully saturated rings. The maximum atomic E-state index is 14.4. The van der Waals surface area contributed by atoms with Crippen molar-refractivity contribution in [1.82, 2.24) is 97.6 Å². The maximum absolute atomic E-state index is 14.4. The smallest absolute Gasteiger partial charge is 0.258 e. The van der Waals surface area contributed by atoms with E-state index in [2.05, 4.69) is 121 Å². The minimum absolute atomic E-state index is 0.0905. The molecule has 0 spiro atoms. The quantitative estimate of drug-likeness (QED) is 0.108. The highest BCUT2D eigenvalue weighted by Crippen LogP contribution is 2.34. The Kier molecular flexibility index (Phi) is 25.0. The molecule has 20 heterocycles. The molecule has 0 aliphatic carbocycles. The molecule has 15 aromatic heterocycles. The van der Waals surface area contributed by atoms with Gasteiger partial charge in [-0.25, -0.2) is 58.6 Å². The lowest BCUT2D eigenvalue weighted by atomic mass is 10.0. The van der Waals surface area contributed by atoms with E-state index >= 15 is 0 Å². The van der Waals surface area contributed by atoms with E-state index in [1.54, 1.807) is 57.4 Å². The number of fused-ring (bicyclic) bond motifs is 10. The van der Waals surface area contributed by atoms with Crippen molar-refractivity contribution in [3.8, 4) is 56.3 Å². The zero-order valence-electron chi connectivity index (χ0n) is 78.7. The van der Waals surface area contributed by atoms with Gasteiger partial charge in [0.05, 0.1) is 39.8 Å². The SMILES string of the molecule is CCN1CC=C(c2ccc3nc(-c4ccc5nc(C)oc5c4)cc(=O)n3c2)CC1.Cc1nc2c(F)cc(-c3cc(=O)n4cc(N5CCNCC5)ccc4n3)cc2o1.Cc1nc2c(F)cc(-c3cc(=O)n4cc(N5CCN[C@@H](C)C5)ccc4n3)cc2o1.Cc1nc2ccc(-c3cc(=O)n4cc(C5=CCN(C)CC5)ccc4n3)cc2o1.Cc1nc2ccc(-c3cc(=O)n4cc(C5=CCNCC5)ccc4n3)cc2o1. The number of nitrogens with one attached hydrogen (secondary N) is 3. The molecule has 0 amide bonds. The van der Waals surface area contributed by atoms with Crippen LogP contribution in [0.2, 0.25) is 0 Å². The van der Waals surface area contributed by atoms with Gasteiger partial charge in [0.25, 0.3) is 27.8 Å².